The van der Waals surface area contributed by atoms with E-state index in [4.69, 9.17) is 4.74 Å². The van der Waals surface area contributed by atoms with Crippen LogP contribution in [0.5, 0.6) is 5.75 Å². The van der Waals surface area contributed by atoms with Crippen molar-refractivity contribution in [3.8, 4) is 5.75 Å². The molecule has 0 aliphatic carbocycles. The molecule has 0 aliphatic rings. The van der Waals surface area contributed by atoms with Gasteiger partial charge in [-0.1, -0.05) is 38.5 Å². The molecule has 2 rings (SSSR count). The van der Waals surface area contributed by atoms with Crippen molar-refractivity contribution in [1.29, 1.82) is 0 Å². The van der Waals surface area contributed by atoms with Crippen LogP contribution in [0, 0.1) is 17.7 Å². The third kappa shape index (κ3) is 7.35. The molecule has 0 saturated heterocycles. The molecule has 0 amide bonds. The van der Waals surface area contributed by atoms with Gasteiger partial charge in [0.1, 0.15) is 18.2 Å². The summed E-state index contributed by atoms with van der Waals surface area (Å²) >= 11 is 0. The Labute approximate surface area is 169 Å². The largest absolute Gasteiger partial charge is 0.489 e. The van der Waals surface area contributed by atoms with Crippen LogP contribution in [0.15, 0.2) is 42.5 Å². The number of aliphatic hydroxyl groups excluding tert-OH is 1. The first-order valence-corrected chi connectivity index (χ1v) is 9.89. The van der Waals surface area contributed by atoms with Crippen molar-refractivity contribution in [2.75, 3.05) is 6.61 Å². The van der Waals surface area contributed by atoms with Crippen LogP contribution >= 0.6 is 0 Å². The second kappa shape index (κ2) is 10.6. The molecule has 2 aromatic carbocycles. The van der Waals surface area contributed by atoms with E-state index in [0.29, 0.717) is 23.5 Å². The molecular weight excluding hydrogens is 384 g/mol. The second-order valence-corrected chi connectivity index (χ2v) is 7.67. The van der Waals surface area contributed by atoms with Crippen LogP contribution in [-0.4, -0.2) is 11.7 Å². The minimum atomic E-state index is -4.41. The molecule has 1 atom stereocenters. The minimum Gasteiger partial charge on any atom is -0.489 e. The van der Waals surface area contributed by atoms with Crippen molar-refractivity contribution in [3.63, 3.8) is 0 Å². The van der Waals surface area contributed by atoms with Gasteiger partial charge in [-0.2, -0.15) is 13.2 Å². The van der Waals surface area contributed by atoms with Crippen LogP contribution in [0.4, 0.5) is 17.6 Å². The molecule has 0 heterocycles. The number of benzene rings is 2. The predicted octanol–water partition coefficient (Wildman–Crippen LogP) is 6.40. The molecule has 2 aromatic rings. The molecule has 29 heavy (non-hydrogen) atoms. The summed E-state index contributed by atoms with van der Waals surface area (Å²) < 4.78 is 58.0. The molecule has 160 valence electrons. The molecule has 1 unspecified atom stereocenters. The summed E-state index contributed by atoms with van der Waals surface area (Å²) in [5, 5.41) is 9.35. The smallest absolute Gasteiger partial charge is 0.416 e. The van der Waals surface area contributed by atoms with Gasteiger partial charge < -0.3 is 9.84 Å². The third-order valence-corrected chi connectivity index (χ3v) is 5.13. The highest BCUT2D eigenvalue weighted by atomic mass is 19.4. The Bertz CT molecular complexity index is 772. The van der Waals surface area contributed by atoms with E-state index in [-0.39, 0.29) is 30.7 Å². The Morgan fingerprint density at radius 2 is 1.79 bits per heavy atom. The van der Waals surface area contributed by atoms with Crippen LogP contribution in [0.3, 0.4) is 0 Å². The lowest BCUT2D eigenvalue weighted by molar-refractivity contribution is -0.137. The van der Waals surface area contributed by atoms with Crippen molar-refractivity contribution in [2.45, 2.75) is 52.3 Å². The molecule has 2 nitrogen and oxygen atoms in total. The highest BCUT2D eigenvalue weighted by Crippen LogP contribution is 2.30. The summed E-state index contributed by atoms with van der Waals surface area (Å²) in [7, 11) is 0. The summed E-state index contributed by atoms with van der Waals surface area (Å²) in [6.45, 7) is 4.27. The van der Waals surface area contributed by atoms with Gasteiger partial charge in [0.05, 0.1) is 5.56 Å². The van der Waals surface area contributed by atoms with Crippen LogP contribution in [0.1, 0.15) is 49.8 Å². The molecule has 1 N–H and O–H groups in total. The maximum Gasteiger partial charge on any atom is 0.416 e. The van der Waals surface area contributed by atoms with Gasteiger partial charge in [-0.15, -0.1) is 0 Å². The number of halogens is 4. The average molecular weight is 412 g/mol. The molecule has 0 saturated carbocycles. The van der Waals surface area contributed by atoms with E-state index < -0.39 is 11.7 Å². The van der Waals surface area contributed by atoms with Gasteiger partial charge in [-0.05, 0) is 60.4 Å². The molecule has 0 radical (unpaired) electrons. The summed E-state index contributed by atoms with van der Waals surface area (Å²) in [5.74, 6) is 0.592. The summed E-state index contributed by atoms with van der Waals surface area (Å²) in [5.41, 5.74) is 0.218. The Morgan fingerprint density at radius 1 is 1.03 bits per heavy atom. The zero-order chi connectivity index (χ0) is 21.4. The molecule has 0 bridgehead atoms. The normalized spacial score (nSPS) is 13.0. The Kier molecular flexibility index (Phi) is 8.50. The monoisotopic (exact) mass is 412 g/mol. The van der Waals surface area contributed by atoms with E-state index in [2.05, 4.69) is 13.8 Å². The Morgan fingerprint density at radius 3 is 2.41 bits per heavy atom. The van der Waals surface area contributed by atoms with Gasteiger partial charge in [0.15, 0.2) is 0 Å². The van der Waals surface area contributed by atoms with Crippen LogP contribution in [-0.2, 0) is 19.2 Å². The fourth-order valence-corrected chi connectivity index (χ4v) is 3.18. The summed E-state index contributed by atoms with van der Waals surface area (Å²) in [6, 6.07) is 9.46. The van der Waals surface area contributed by atoms with E-state index in [1.54, 1.807) is 12.1 Å². The standard InChI is InChI=1S/C23H28F4O2/c1-16(2)19(14-28)8-4-3-7-18-10-11-21(13-22(18)24)29-15-17-6-5-9-20(12-17)23(25,26)27/h5-6,9-13,16,19,28H,3-4,7-8,14-15H2,1-2H3. The average Bonchev–Trinajstić information content (AvgIpc) is 2.67. The van der Waals surface area contributed by atoms with Gasteiger partial charge in [-0.3, -0.25) is 0 Å². The van der Waals surface area contributed by atoms with E-state index in [0.717, 1.165) is 31.4 Å². The fourth-order valence-electron chi connectivity index (χ4n) is 3.18. The number of aryl methyl sites for hydroxylation is 1. The summed E-state index contributed by atoms with van der Waals surface area (Å²) in [4.78, 5) is 0. The van der Waals surface area contributed by atoms with E-state index in [9.17, 15) is 22.7 Å². The van der Waals surface area contributed by atoms with Crippen molar-refractivity contribution >= 4 is 0 Å². The molecular formula is C23H28F4O2. The number of aliphatic hydroxyl groups is 1. The number of hydrogen-bond acceptors (Lipinski definition) is 2. The molecule has 0 aliphatic heterocycles. The fraction of sp³-hybridized carbons (Fsp3) is 0.478. The first-order chi connectivity index (χ1) is 13.7. The van der Waals surface area contributed by atoms with Crippen LogP contribution < -0.4 is 4.74 Å². The quantitative estimate of drug-likeness (QED) is 0.361. The SMILES string of the molecule is CC(C)C(CO)CCCCc1ccc(OCc2cccc(C(F)(F)F)c2)cc1F. The van der Waals surface area contributed by atoms with Crippen molar-refractivity contribution in [3.05, 3.63) is 65.0 Å². The molecule has 6 heteroatoms. The minimum absolute atomic E-state index is 0.0690. The highest BCUT2D eigenvalue weighted by molar-refractivity contribution is 5.30. The van der Waals surface area contributed by atoms with Crippen molar-refractivity contribution in [1.82, 2.24) is 0 Å². The van der Waals surface area contributed by atoms with Crippen molar-refractivity contribution in [2.24, 2.45) is 11.8 Å². The van der Waals surface area contributed by atoms with Gasteiger partial charge in [0.2, 0.25) is 0 Å². The zero-order valence-electron chi connectivity index (χ0n) is 16.8. The van der Waals surface area contributed by atoms with Crippen LogP contribution in [0.2, 0.25) is 0 Å². The molecule has 0 aromatic heterocycles. The predicted molar refractivity (Wildman–Crippen MR) is 105 cm³/mol. The lowest BCUT2D eigenvalue weighted by Gasteiger charge is -2.17. The second-order valence-electron chi connectivity index (χ2n) is 7.67. The number of unbranched alkanes of at least 4 members (excludes halogenated alkanes) is 1. The zero-order valence-corrected chi connectivity index (χ0v) is 16.8. The topological polar surface area (TPSA) is 29.5 Å². The first-order valence-electron chi connectivity index (χ1n) is 9.89. The van der Waals surface area contributed by atoms with Gasteiger partial charge in [0, 0.05) is 12.7 Å². The third-order valence-electron chi connectivity index (χ3n) is 5.13. The number of ether oxygens (including phenoxy) is 1. The maximum atomic E-state index is 14.3. The highest BCUT2D eigenvalue weighted by Gasteiger charge is 2.30. The summed E-state index contributed by atoms with van der Waals surface area (Å²) in [6.07, 6.45) is -1.17. The number of rotatable bonds is 10. The number of alkyl halides is 3. The molecule has 0 fully saturated rings. The lowest BCUT2D eigenvalue weighted by atomic mass is 9.91. The van der Waals surface area contributed by atoms with E-state index >= 15 is 0 Å². The first kappa shape index (κ1) is 23.2. The molecule has 0 spiro atoms. The van der Waals surface area contributed by atoms with Gasteiger partial charge >= 0.3 is 6.18 Å². The van der Waals surface area contributed by atoms with Crippen molar-refractivity contribution < 1.29 is 27.4 Å². The Balaban J connectivity index is 1.86. The maximum absolute atomic E-state index is 14.3. The van der Waals surface area contributed by atoms with Gasteiger partial charge in [-0.25, -0.2) is 4.39 Å². The van der Waals surface area contributed by atoms with E-state index in [1.165, 1.54) is 18.2 Å². The van der Waals surface area contributed by atoms with Gasteiger partial charge in [0.25, 0.3) is 0 Å². The van der Waals surface area contributed by atoms with E-state index in [1.807, 2.05) is 0 Å². The number of hydrogen-bond donors (Lipinski definition) is 1. The van der Waals surface area contributed by atoms with Crippen LogP contribution in [0.25, 0.3) is 0 Å². The Hall–Kier alpha value is -2.08. The lowest BCUT2D eigenvalue weighted by Crippen LogP contribution is -2.13.